The number of anilines is 3. The maximum absolute atomic E-state index is 5.05. The Hall–Kier alpha value is -6.53. The minimum Gasteiger partial charge on any atom is -0.308 e. The van der Waals surface area contributed by atoms with Crippen molar-refractivity contribution in [1.29, 1.82) is 0 Å². The first-order valence-corrected chi connectivity index (χ1v) is 20.0. The third-order valence-corrected chi connectivity index (χ3v) is 12.4. The molecule has 0 amide bonds. The van der Waals surface area contributed by atoms with Crippen molar-refractivity contribution in [3.63, 3.8) is 0 Å². The van der Waals surface area contributed by atoms with Gasteiger partial charge < -0.3 is 4.90 Å². The number of rotatable bonds is 5. The van der Waals surface area contributed by atoms with Crippen molar-refractivity contribution >= 4 is 72.7 Å². The first-order chi connectivity index (χ1) is 27.2. The van der Waals surface area contributed by atoms with E-state index in [2.05, 4.69) is 193 Å². The van der Waals surface area contributed by atoms with Gasteiger partial charge in [0.05, 0.1) is 11.4 Å². The molecule has 2 heterocycles. The summed E-state index contributed by atoms with van der Waals surface area (Å²) < 4.78 is 4.86. The molecule has 0 unspecified atom stereocenters. The van der Waals surface area contributed by atoms with Gasteiger partial charge in [0.1, 0.15) is 5.01 Å². The van der Waals surface area contributed by atoms with Crippen molar-refractivity contribution < 1.29 is 0 Å². The van der Waals surface area contributed by atoms with Gasteiger partial charge in [-0.15, -0.1) is 0 Å². The van der Waals surface area contributed by atoms with E-state index in [9.17, 15) is 0 Å². The Labute approximate surface area is 327 Å². The predicted octanol–water partition coefficient (Wildman–Crippen LogP) is 14.6. The highest BCUT2D eigenvalue weighted by molar-refractivity contribution is 7.99. The Balaban J connectivity index is 1.01. The molecule has 0 atom stereocenters. The fraction of sp³-hybridized carbons (Fsp3) is 0. The lowest BCUT2D eigenvalue weighted by molar-refractivity contribution is 1.17. The largest absolute Gasteiger partial charge is 0.308 e. The van der Waals surface area contributed by atoms with E-state index >= 15 is 0 Å². The summed E-state index contributed by atoms with van der Waals surface area (Å²) in [6, 6.07) is 68.0. The van der Waals surface area contributed by atoms with Crippen LogP contribution in [0.25, 0.3) is 76.5 Å². The van der Waals surface area contributed by atoms with Crippen LogP contribution >= 0.6 is 23.3 Å². The first-order valence-electron chi connectivity index (χ1n) is 18.4. The van der Waals surface area contributed by atoms with Gasteiger partial charge in [-0.05, 0) is 121 Å². The number of aromatic nitrogens is 2. The van der Waals surface area contributed by atoms with E-state index < -0.39 is 0 Å². The molecular formula is C50H31N3S2. The average molecular weight is 738 g/mol. The Bertz CT molecular complexity index is 2980. The fourth-order valence-corrected chi connectivity index (χ4v) is 9.56. The number of nitrogens with zero attached hydrogens (tertiary/aromatic N) is 3. The number of hydrogen-bond acceptors (Lipinski definition) is 5. The molecule has 0 spiro atoms. The van der Waals surface area contributed by atoms with Gasteiger partial charge in [0, 0.05) is 26.6 Å². The molecule has 0 saturated heterocycles. The summed E-state index contributed by atoms with van der Waals surface area (Å²) in [7, 11) is 0. The molecule has 3 nitrogen and oxygen atoms in total. The van der Waals surface area contributed by atoms with Crippen LogP contribution < -0.4 is 4.90 Å². The summed E-state index contributed by atoms with van der Waals surface area (Å²) >= 11 is 3.29. The van der Waals surface area contributed by atoms with Crippen molar-refractivity contribution in [3.8, 4) is 44.2 Å². The second kappa shape index (κ2) is 13.1. The van der Waals surface area contributed by atoms with Gasteiger partial charge in [-0.1, -0.05) is 145 Å². The van der Waals surface area contributed by atoms with E-state index in [4.69, 9.17) is 9.36 Å². The number of hydrogen-bond donors (Lipinski definition) is 0. The third kappa shape index (κ3) is 5.77. The normalized spacial score (nSPS) is 12.3. The quantitative estimate of drug-likeness (QED) is 0.176. The number of fused-ring (bicyclic) bond motifs is 5. The van der Waals surface area contributed by atoms with Crippen LogP contribution in [0.1, 0.15) is 0 Å². The lowest BCUT2D eigenvalue weighted by Gasteiger charge is -2.33. The molecule has 55 heavy (non-hydrogen) atoms. The molecule has 5 heteroatoms. The minimum atomic E-state index is 0.736. The van der Waals surface area contributed by atoms with Gasteiger partial charge in [0.25, 0.3) is 0 Å². The van der Waals surface area contributed by atoms with E-state index in [1.165, 1.54) is 75.9 Å². The molecule has 1 aliphatic rings. The first kappa shape index (κ1) is 31.9. The van der Waals surface area contributed by atoms with Crippen LogP contribution in [0.4, 0.5) is 17.1 Å². The van der Waals surface area contributed by atoms with Crippen LogP contribution in [0.15, 0.2) is 198 Å². The summed E-state index contributed by atoms with van der Waals surface area (Å²) in [6.07, 6.45) is 0. The highest BCUT2D eigenvalue weighted by atomic mass is 32.2. The molecule has 0 saturated carbocycles. The maximum atomic E-state index is 5.05. The molecule has 9 aromatic carbocycles. The summed E-state index contributed by atoms with van der Waals surface area (Å²) in [5.74, 6) is 0.736. The Morgan fingerprint density at radius 2 is 0.836 bits per heavy atom. The molecule has 11 rings (SSSR count). The summed E-state index contributed by atoms with van der Waals surface area (Å²) in [5, 5.41) is 8.32. The fourth-order valence-electron chi connectivity index (χ4n) is 7.75. The molecule has 0 radical (unpaired) electrons. The monoisotopic (exact) mass is 737 g/mol. The summed E-state index contributed by atoms with van der Waals surface area (Å²) in [5.41, 5.74) is 10.3. The second-order valence-electron chi connectivity index (χ2n) is 14.0. The number of benzene rings is 9. The van der Waals surface area contributed by atoms with Crippen molar-refractivity contribution in [2.45, 2.75) is 9.79 Å². The lowest BCUT2D eigenvalue weighted by atomic mass is 9.99. The van der Waals surface area contributed by atoms with Gasteiger partial charge in [-0.3, -0.25) is 0 Å². The van der Waals surface area contributed by atoms with Crippen LogP contribution in [-0.2, 0) is 0 Å². The highest BCUT2D eigenvalue weighted by Crippen LogP contribution is 2.53. The molecular weight excluding hydrogens is 707 g/mol. The van der Waals surface area contributed by atoms with Crippen LogP contribution in [0.2, 0.25) is 0 Å². The van der Waals surface area contributed by atoms with Crippen molar-refractivity contribution in [2.75, 3.05) is 4.90 Å². The molecule has 10 aromatic rings. The molecule has 0 fully saturated rings. The molecule has 1 aromatic heterocycles. The van der Waals surface area contributed by atoms with Gasteiger partial charge in [-0.2, -0.15) is 4.37 Å². The zero-order valence-corrected chi connectivity index (χ0v) is 31.2. The zero-order valence-electron chi connectivity index (χ0n) is 29.6. The second-order valence-corrected chi connectivity index (χ2v) is 15.8. The molecule has 1 aliphatic heterocycles. The van der Waals surface area contributed by atoms with E-state index in [1.807, 2.05) is 11.8 Å². The topological polar surface area (TPSA) is 29.0 Å². The van der Waals surface area contributed by atoms with E-state index in [0.29, 0.717) is 0 Å². The SMILES string of the molecule is c1cc(-c2nsc(-c3ccc4ccccc4c3)n2)cc(N2c3ccc(-c4ccc5ccccc5c4)cc3Sc3cc(-c4ccc5ccccc5c4)ccc32)c1. The maximum Gasteiger partial charge on any atom is 0.173 e. The molecule has 0 bridgehead atoms. The Morgan fingerprint density at radius 1 is 0.364 bits per heavy atom. The van der Waals surface area contributed by atoms with Crippen molar-refractivity contribution in [2.24, 2.45) is 0 Å². The van der Waals surface area contributed by atoms with E-state index in [1.54, 1.807) is 0 Å². The molecule has 0 aliphatic carbocycles. The summed E-state index contributed by atoms with van der Waals surface area (Å²) in [6.45, 7) is 0. The molecule has 258 valence electrons. The predicted molar refractivity (Wildman–Crippen MR) is 233 cm³/mol. The highest BCUT2D eigenvalue weighted by Gasteiger charge is 2.26. The zero-order chi connectivity index (χ0) is 36.3. The summed E-state index contributed by atoms with van der Waals surface area (Å²) in [4.78, 5) is 9.87. The van der Waals surface area contributed by atoms with E-state index in [0.717, 1.165) is 39.0 Å². The van der Waals surface area contributed by atoms with Crippen LogP contribution in [0.3, 0.4) is 0 Å². The van der Waals surface area contributed by atoms with Crippen LogP contribution in [0, 0.1) is 0 Å². The minimum absolute atomic E-state index is 0.736. The van der Waals surface area contributed by atoms with Crippen molar-refractivity contribution in [3.05, 3.63) is 188 Å². The third-order valence-electron chi connectivity index (χ3n) is 10.6. The Morgan fingerprint density at radius 3 is 1.40 bits per heavy atom. The van der Waals surface area contributed by atoms with Crippen LogP contribution in [0.5, 0.6) is 0 Å². The van der Waals surface area contributed by atoms with Gasteiger partial charge in [0.2, 0.25) is 0 Å². The van der Waals surface area contributed by atoms with E-state index in [-0.39, 0.29) is 0 Å². The van der Waals surface area contributed by atoms with Crippen molar-refractivity contribution in [1.82, 2.24) is 9.36 Å². The van der Waals surface area contributed by atoms with Gasteiger partial charge in [0.15, 0.2) is 5.82 Å². The smallest absolute Gasteiger partial charge is 0.173 e. The van der Waals surface area contributed by atoms with Gasteiger partial charge >= 0.3 is 0 Å². The van der Waals surface area contributed by atoms with Gasteiger partial charge in [-0.25, -0.2) is 4.98 Å². The standard InChI is InChI=1S/C50H31N3S2/c1-4-11-35-26-38(19-16-32(35)8-1)40-22-24-45-47(30-40)54-48-31-41(39-20-17-33-9-2-5-12-36(33)27-39)23-25-46(48)53(45)44-15-7-14-42(29-44)49-51-50(55-52-49)43-21-18-34-10-3-6-13-37(34)28-43/h1-31H. The lowest BCUT2D eigenvalue weighted by Crippen LogP contribution is -2.15. The van der Waals surface area contributed by atoms with Crippen LogP contribution in [-0.4, -0.2) is 9.36 Å². The molecule has 0 N–H and O–H groups in total. The Kier molecular flexibility index (Phi) is 7.61. The average Bonchev–Trinajstić information content (AvgIpc) is 3.75.